The van der Waals surface area contributed by atoms with Gasteiger partial charge in [0.15, 0.2) is 0 Å². The van der Waals surface area contributed by atoms with Crippen LogP contribution >= 0.6 is 15.9 Å². The van der Waals surface area contributed by atoms with Crippen molar-refractivity contribution in [2.75, 3.05) is 6.54 Å². The minimum absolute atomic E-state index is 0.685. The van der Waals surface area contributed by atoms with Gasteiger partial charge in [0.2, 0.25) is 0 Å². The first-order chi connectivity index (χ1) is 7.70. The Labute approximate surface area is 105 Å². The highest BCUT2D eigenvalue weighted by atomic mass is 79.9. The Hall–Kier alpha value is -0.800. The number of rotatable bonds is 3. The normalized spacial score (nSPS) is 11.2. The first-order valence-corrected chi connectivity index (χ1v) is 6.44. The van der Waals surface area contributed by atoms with Crippen molar-refractivity contribution in [3.63, 3.8) is 0 Å². The standard InChI is InChI=1S/C13H17BrN2/c1-3-9-5-4-6-10-12(14)11(7-8-15)16(2)13(9)10/h4-6H,3,7-8,15H2,1-2H3. The van der Waals surface area contributed by atoms with Gasteiger partial charge in [-0.15, -0.1) is 0 Å². The van der Waals surface area contributed by atoms with Crippen molar-refractivity contribution in [3.8, 4) is 0 Å². The predicted molar refractivity (Wildman–Crippen MR) is 72.8 cm³/mol. The molecule has 0 aliphatic carbocycles. The van der Waals surface area contributed by atoms with E-state index in [0.29, 0.717) is 6.54 Å². The zero-order valence-corrected chi connectivity index (χ0v) is 11.3. The zero-order chi connectivity index (χ0) is 11.7. The fraction of sp³-hybridized carbons (Fsp3) is 0.385. The first kappa shape index (κ1) is 11.7. The summed E-state index contributed by atoms with van der Waals surface area (Å²) in [5, 5.41) is 1.30. The maximum atomic E-state index is 5.66. The molecule has 0 radical (unpaired) electrons. The Bertz CT molecular complexity index is 514. The van der Waals surface area contributed by atoms with Gasteiger partial charge in [0.25, 0.3) is 0 Å². The molecule has 0 fully saturated rings. The molecule has 0 saturated carbocycles. The summed E-state index contributed by atoms with van der Waals surface area (Å²) in [4.78, 5) is 0. The van der Waals surface area contributed by atoms with Gasteiger partial charge in [-0.3, -0.25) is 0 Å². The summed E-state index contributed by atoms with van der Waals surface area (Å²) in [5.74, 6) is 0. The number of hydrogen-bond donors (Lipinski definition) is 1. The number of fused-ring (bicyclic) bond motifs is 1. The van der Waals surface area contributed by atoms with Crippen LogP contribution in [0.5, 0.6) is 0 Å². The topological polar surface area (TPSA) is 30.9 Å². The number of aryl methyl sites for hydroxylation is 2. The molecule has 0 aliphatic rings. The monoisotopic (exact) mass is 280 g/mol. The van der Waals surface area contributed by atoms with Crippen LogP contribution < -0.4 is 5.73 Å². The maximum Gasteiger partial charge on any atom is 0.0524 e. The smallest absolute Gasteiger partial charge is 0.0524 e. The average molecular weight is 281 g/mol. The minimum atomic E-state index is 0.685. The fourth-order valence-corrected chi connectivity index (χ4v) is 3.09. The van der Waals surface area contributed by atoms with Crippen molar-refractivity contribution in [1.29, 1.82) is 0 Å². The number of aromatic nitrogens is 1. The van der Waals surface area contributed by atoms with Crippen molar-refractivity contribution in [1.82, 2.24) is 4.57 Å². The summed E-state index contributed by atoms with van der Waals surface area (Å²) in [7, 11) is 2.12. The lowest BCUT2D eigenvalue weighted by Gasteiger charge is -2.05. The van der Waals surface area contributed by atoms with E-state index in [9.17, 15) is 0 Å². The molecule has 1 aromatic heterocycles. The number of nitrogens with two attached hydrogens (primary N) is 1. The predicted octanol–water partition coefficient (Wildman–Crippen LogP) is 3.00. The van der Waals surface area contributed by atoms with Crippen molar-refractivity contribution in [3.05, 3.63) is 33.9 Å². The van der Waals surface area contributed by atoms with E-state index >= 15 is 0 Å². The highest BCUT2D eigenvalue weighted by Crippen LogP contribution is 2.32. The number of halogens is 1. The third-order valence-electron chi connectivity index (χ3n) is 3.11. The molecule has 0 amide bonds. The van der Waals surface area contributed by atoms with E-state index in [2.05, 4.69) is 52.7 Å². The van der Waals surface area contributed by atoms with Crippen LogP contribution in [0.4, 0.5) is 0 Å². The van der Waals surface area contributed by atoms with Crippen molar-refractivity contribution >= 4 is 26.8 Å². The first-order valence-electron chi connectivity index (χ1n) is 5.65. The maximum absolute atomic E-state index is 5.66. The molecule has 0 spiro atoms. The summed E-state index contributed by atoms with van der Waals surface area (Å²) in [5.41, 5.74) is 9.67. The molecular formula is C13H17BrN2. The second kappa shape index (κ2) is 4.60. The van der Waals surface area contributed by atoms with E-state index in [1.807, 2.05) is 0 Å². The molecule has 1 aromatic carbocycles. The summed E-state index contributed by atoms with van der Waals surface area (Å²) in [6.07, 6.45) is 1.97. The summed E-state index contributed by atoms with van der Waals surface area (Å²) < 4.78 is 3.47. The summed E-state index contributed by atoms with van der Waals surface area (Å²) in [6.45, 7) is 2.88. The average Bonchev–Trinajstić information content (AvgIpc) is 2.55. The number of hydrogen-bond acceptors (Lipinski definition) is 1. The largest absolute Gasteiger partial charge is 0.346 e. The van der Waals surface area contributed by atoms with Gasteiger partial charge in [-0.05, 0) is 34.5 Å². The Kier molecular flexibility index (Phi) is 3.36. The van der Waals surface area contributed by atoms with Crippen LogP contribution in [-0.4, -0.2) is 11.1 Å². The Balaban J connectivity index is 2.77. The van der Waals surface area contributed by atoms with Crippen LogP contribution in [0.2, 0.25) is 0 Å². The number of benzene rings is 1. The van der Waals surface area contributed by atoms with E-state index in [1.54, 1.807) is 0 Å². The highest BCUT2D eigenvalue weighted by molar-refractivity contribution is 9.10. The number of nitrogens with zero attached hydrogens (tertiary/aromatic N) is 1. The molecule has 3 heteroatoms. The van der Waals surface area contributed by atoms with Gasteiger partial charge < -0.3 is 10.3 Å². The van der Waals surface area contributed by atoms with Crippen LogP contribution in [0.1, 0.15) is 18.2 Å². The number of para-hydroxylation sites is 1. The molecule has 1 heterocycles. The molecule has 2 nitrogen and oxygen atoms in total. The lowest BCUT2D eigenvalue weighted by atomic mass is 10.1. The Morgan fingerprint density at radius 2 is 2.12 bits per heavy atom. The van der Waals surface area contributed by atoms with Crippen molar-refractivity contribution in [2.24, 2.45) is 12.8 Å². The van der Waals surface area contributed by atoms with Gasteiger partial charge in [0, 0.05) is 29.0 Å². The lowest BCUT2D eigenvalue weighted by molar-refractivity contribution is 0.819. The highest BCUT2D eigenvalue weighted by Gasteiger charge is 2.13. The van der Waals surface area contributed by atoms with Crippen LogP contribution in [0.15, 0.2) is 22.7 Å². The lowest BCUT2D eigenvalue weighted by Crippen LogP contribution is -2.07. The van der Waals surface area contributed by atoms with E-state index < -0.39 is 0 Å². The SMILES string of the molecule is CCc1cccc2c(Br)c(CCN)n(C)c12. The van der Waals surface area contributed by atoms with Crippen molar-refractivity contribution in [2.45, 2.75) is 19.8 Å². The fourth-order valence-electron chi connectivity index (χ4n) is 2.30. The molecule has 0 saturated heterocycles. The van der Waals surface area contributed by atoms with Gasteiger partial charge in [0.05, 0.1) is 5.52 Å². The van der Waals surface area contributed by atoms with Gasteiger partial charge in [-0.2, -0.15) is 0 Å². The Morgan fingerprint density at radius 1 is 1.38 bits per heavy atom. The van der Waals surface area contributed by atoms with E-state index in [4.69, 9.17) is 5.73 Å². The molecule has 0 aliphatic heterocycles. The van der Waals surface area contributed by atoms with Gasteiger partial charge in [-0.25, -0.2) is 0 Å². The summed E-state index contributed by atoms with van der Waals surface area (Å²) in [6, 6.07) is 6.48. The second-order valence-electron chi connectivity index (χ2n) is 4.03. The van der Waals surface area contributed by atoms with E-state index in [1.165, 1.54) is 26.6 Å². The molecular weight excluding hydrogens is 264 g/mol. The molecule has 16 heavy (non-hydrogen) atoms. The molecule has 86 valence electrons. The van der Waals surface area contributed by atoms with E-state index in [-0.39, 0.29) is 0 Å². The molecule has 0 unspecified atom stereocenters. The third kappa shape index (κ3) is 1.68. The quantitative estimate of drug-likeness (QED) is 0.921. The van der Waals surface area contributed by atoms with Gasteiger partial charge >= 0.3 is 0 Å². The van der Waals surface area contributed by atoms with Gasteiger partial charge in [-0.1, -0.05) is 25.1 Å². The summed E-state index contributed by atoms with van der Waals surface area (Å²) >= 11 is 3.69. The minimum Gasteiger partial charge on any atom is -0.346 e. The second-order valence-corrected chi connectivity index (χ2v) is 4.82. The van der Waals surface area contributed by atoms with Crippen LogP contribution in [0.25, 0.3) is 10.9 Å². The third-order valence-corrected chi connectivity index (χ3v) is 4.00. The van der Waals surface area contributed by atoms with Gasteiger partial charge in [0.1, 0.15) is 0 Å². The van der Waals surface area contributed by atoms with Crippen LogP contribution in [0, 0.1) is 0 Å². The molecule has 2 aromatic rings. The zero-order valence-electron chi connectivity index (χ0n) is 9.76. The molecule has 0 atom stereocenters. The van der Waals surface area contributed by atoms with Crippen LogP contribution in [-0.2, 0) is 19.9 Å². The van der Waals surface area contributed by atoms with Crippen molar-refractivity contribution < 1.29 is 0 Å². The molecule has 2 rings (SSSR count). The Morgan fingerprint density at radius 3 is 2.75 bits per heavy atom. The van der Waals surface area contributed by atoms with Crippen LogP contribution in [0.3, 0.4) is 0 Å². The van der Waals surface area contributed by atoms with E-state index in [0.717, 1.165) is 12.8 Å². The molecule has 2 N–H and O–H groups in total. The molecule has 0 bridgehead atoms.